The third-order valence-corrected chi connectivity index (χ3v) is 13.8. The smallest absolute Gasteiger partial charge is 0.306 e. The molecule has 0 radical (unpaired) electrons. The van der Waals surface area contributed by atoms with Gasteiger partial charge in [-0.3, -0.25) is 19.8 Å². The lowest BCUT2D eigenvalue weighted by atomic mass is 10.1. The van der Waals surface area contributed by atoms with Gasteiger partial charge in [-0.1, -0.05) is 12.1 Å². The Morgan fingerprint density at radius 1 is 0.351 bits per heavy atom. The number of urea groups is 2. The van der Waals surface area contributed by atoms with Crippen molar-refractivity contribution in [1.82, 2.24) is 39.4 Å². The monoisotopic (exact) mass is 1400 g/mol. The highest BCUT2D eigenvalue weighted by atomic mass is 127. The molecule has 2 fully saturated rings. The average Bonchev–Trinajstić information content (AvgIpc) is 3.35. The second-order valence-corrected chi connectivity index (χ2v) is 21.5. The van der Waals surface area contributed by atoms with Gasteiger partial charge in [0.1, 0.15) is 0 Å². The number of carbonyl (C=O) groups is 2. The number of hydrogen-bond donors (Lipinski definition) is 0. The standard InChI is InChI=1S/C28H40N8O2.3C6F5I/c1-27(2,3)35-17-31-13-21-9-7-11-23(29-21)15-33-19-36(28(4,5)6)20-34(26(33)38)16-24-12-8-10-22(30-24)14-32(18-35)25(31)37;3*7-1-2(8)4(10)6(12)5(11)3(1)9/h7-12H,13-20H2,1-6H3;;;. The van der Waals surface area contributed by atoms with Crippen LogP contribution in [0, 0.1) is 98.0 Å². The molecule has 0 atom stereocenters. The van der Waals surface area contributed by atoms with E-state index in [1.807, 2.05) is 56.0 Å². The quantitative estimate of drug-likeness (QED) is 0.0665. The lowest BCUT2D eigenvalue weighted by Crippen LogP contribution is -2.62. The molecule has 2 saturated heterocycles. The van der Waals surface area contributed by atoms with Crippen LogP contribution in [0.1, 0.15) is 64.3 Å². The molecular weight excluding hydrogens is 1360 g/mol. The molecule has 0 N–H and O–H groups in total. The molecule has 10 nitrogen and oxygen atoms in total. The maximum Gasteiger partial charge on any atom is 0.322 e. The summed E-state index contributed by atoms with van der Waals surface area (Å²) < 4.78 is 182. The van der Waals surface area contributed by atoms with Crippen molar-refractivity contribution < 1.29 is 75.4 Å². The highest BCUT2D eigenvalue weighted by Gasteiger charge is 2.38. The molecule has 0 aliphatic carbocycles. The van der Waals surface area contributed by atoms with Crippen molar-refractivity contribution in [2.75, 3.05) is 26.7 Å². The van der Waals surface area contributed by atoms with Crippen LogP contribution in [0.4, 0.5) is 75.4 Å². The van der Waals surface area contributed by atoms with Crippen molar-refractivity contribution >= 4 is 79.8 Å². The molecular formula is C46H40F15I3N8O2. The maximum atomic E-state index is 13.6. The zero-order chi connectivity index (χ0) is 55.6. The first kappa shape index (κ1) is 60.4. The Bertz CT molecular complexity index is 2310. The summed E-state index contributed by atoms with van der Waals surface area (Å²) in [7, 11) is 0. The molecule has 3 aliphatic rings. The van der Waals surface area contributed by atoms with Gasteiger partial charge in [0.15, 0.2) is 69.8 Å². The van der Waals surface area contributed by atoms with Gasteiger partial charge in [-0.2, -0.15) is 0 Å². The molecule has 8 bridgehead atoms. The number of carbonyl (C=O) groups excluding carboxylic acids is 2. The zero-order valence-electron chi connectivity index (χ0n) is 39.3. The van der Waals surface area contributed by atoms with Gasteiger partial charge in [-0.25, -0.2) is 75.4 Å². The minimum absolute atomic E-state index is 0.0163. The van der Waals surface area contributed by atoms with Crippen molar-refractivity contribution in [3.63, 3.8) is 0 Å². The van der Waals surface area contributed by atoms with Crippen molar-refractivity contribution in [2.24, 2.45) is 0 Å². The van der Waals surface area contributed by atoms with E-state index in [0.29, 0.717) is 52.9 Å². The Hall–Kier alpha value is -4.44. The van der Waals surface area contributed by atoms with Gasteiger partial charge < -0.3 is 19.6 Å². The van der Waals surface area contributed by atoms with E-state index in [1.165, 1.54) is 0 Å². The highest BCUT2D eigenvalue weighted by molar-refractivity contribution is 14.1. The van der Waals surface area contributed by atoms with Crippen LogP contribution in [0.5, 0.6) is 0 Å². The van der Waals surface area contributed by atoms with Crippen molar-refractivity contribution in [1.29, 1.82) is 0 Å². The first-order valence-electron chi connectivity index (χ1n) is 21.2. The number of aromatic nitrogens is 2. The summed E-state index contributed by atoms with van der Waals surface area (Å²) in [4.78, 5) is 49.0. The summed E-state index contributed by atoms with van der Waals surface area (Å²) in [6.45, 7) is 16.7. The molecule has 4 amide bonds. The fourth-order valence-electron chi connectivity index (χ4n) is 6.80. The third-order valence-electron chi connectivity index (χ3n) is 11.0. The number of fused-ring (bicyclic) bond motifs is 8. The largest absolute Gasteiger partial charge is 0.322 e. The van der Waals surface area contributed by atoms with E-state index in [1.54, 1.807) is 0 Å². The SMILES string of the molecule is CC(C)(C)N1CN2Cc3cccc(n3)CN3CN(C(C)(C)C)CN(Cc4cccc(n4)CN(C1)C2=O)C3=O.Fc1c(F)c(F)c(I)c(F)c1F.Fc1c(F)c(F)c(I)c(F)c1F.Fc1c(F)c(F)c(I)c(F)c1F. The molecule has 0 saturated carbocycles. The van der Waals surface area contributed by atoms with E-state index < -0.39 is 98.0 Å². The van der Waals surface area contributed by atoms with E-state index in [0.717, 1.165) is 90.5 Å². The van der Waals surface area contributed by atoms with Crippen LogP contribution >= 0.6 is 67.8 Å². The number of nitrogens with zero attached hydrogens (tertiary/aromatic N) is 8. The minimum atomic E-state index is -2.13. The van der Waals surface area contributed by atoms with Crippen LogP contribution in [-0.4, -0.2) is 89.2 Å². The molecule has 3 aliphatic heterocycles. The molecule has 8 rings (SSSR count). The summed E-state index contributed by atoms with van der Waals surface area (Å²) >= 11 is 3.12. The summed E-state index contributed by atoms with van der Waals surface area (Å²) in [5.41, 5.74) is 3.03. The zero-order valence-corrected chi connectivity index (χ0v) is 45.8. The minimum Gasteiger partial charge on any atom is -0.306 e. The van der Waals surface area contributed by atoms with E-state index in [4.69, 9.17) is 9.97 Å². The summed E-state index contributed by atoms with van der Waals surface area (Å²) in [5, 5.41) is 0. The second-order valence-electron chi connectivity index (χ2n) is 18.2. The molecule has 2 aromatic heterocycles. The molecule has 3 aromatic carbocycles. The number of rotatable bonds is 0. The molecule has 74 heavy (non-hydrogen) atoms. The van der Waals surface area contributed by atoms with E-state index >= 15 is 0 Å². The maximum absolute atomic E-state index is 13.6. The Kier molecular flexibility index (Phi) is 19.8. The van der Waals surface area contributed by atoms with Gasteiger partial charge >= 0.3 is 12.1 Å². The van der Waals surface area contributed by atoms with Crippen molar-refractivity contribution in [2.45, 2.75) is 78.8 Å². The highest BCUT2D eigenvalue weighted by Crippen LogP contribution is 2.29. The lowest BCUT2D eigenvalue weighted by Gasteiger charge is -2.48. The van der Waals surface area contributed by atoms with E-state index in [9.17, 15) is 75.4 Å². The normalized spacial score (nSPS) is 15.5. The Labute approximate surface area is 454 Å². The average molecular weight is 1400 g/mol. The Morgan fingerprint density at radius 3 is 0.703 bits per heavy atom. The van der Waals surface area contributed by atoms with Gasteiger partial charge in [-0.05, 0) is 134 Å². The molecule has 5 heterocycles. The predicted octanol–water partition coefficient (Wildman–Crippen LogP) is 12.7. The first-order chi connectivity index (χ1) is 34.3. The number of halogens is 18. The van der Waals surface area contributed by atoms with Gasteiger partial charge in [0, 0.05) is 11.1 Å². The number of amides is 4. The van der Waals surface area contributed by atoms with Crippen LogP contribution in [0.25, 0.3) is 0 Å². The van der Waals surface area contributed by atoms with Crippen LogP contribution in [0.3, 0.4) is 0 Å². The fraction of sp³-hybridized carbons (Fsp3) is 0.348. The summed E-state index contributed by atoms with van der Waals surface area (Å²) in [6.07, 6.45) is 0. The number of hydrogen-bond acceptors (Lipinski definition) is 6. The molecule has 0 unspecified atom stereocenters. The molecule has 5 aromatic rings. The third kappa shape index (κ3) is 13.7. The van der Waals surface area contributed by atoms with Gasteiger partial charge in [0.05, 0.1) is 86.3 Å². The van der Waals surface area contributed by atoms with Gasteiger partial charge in [0.2, 0.25) is 17.5 Å². The van der Waals surface area contributed by atoms with Crippen LogP contribution in [0.2, 0.25) is 0 Å². The number of benzene rings is 3. The van der Waals surface area contributed by atoms with E-state index in [-0.39, 0.29) is 23.1 Å². The molecule has 0 spiro atoms. The summed E-state index contributed by atoms with van der Waals surface area (Å²) in [6, 6.07) is 11.7. The fourth-order valence-corrected chi connectivity index (χ4v) is 8.22. The van der Waals surface area contributed by atoms with Gasteiger partial charge in [0.25, 0.3) is 0 Å². The lowest BCUT2D eigenvalue weighted by molar-refractivity contribution is -0.0225. The van der Waals surface area contributed by atoms with Crippen LogP contribution in [0.15, 0.2) is 36.4 Å². The van der Waals surface area contributed by atoms with Crippen molar-refractivity contribution in [3.05, 3.63) is 157 Å². The predicted molar refractivity (Wildman–Crippen MR) is 261 cm³/mol. The molecule has 28 heteroatoms. The first-order valence-corrected chi connectivity index (χ1v) is 24.5. The van der Waals surface area contributed by atoms with Crippen LogP contribution in [-0.2, 0) is 26.2 Å². The Balaban J connectivity index is 0.000000227. The topological polar surface area (TPSA) is 79.4 Å². The van der Waals surface area contributed by atoms with Crippen LogP contribution < -0.4 is 0 Å². The van der Waals surface area contributed by atoms with Crippen molar-refractivity contribution in [3.8, 4) is 0 Å². The Morgan fingerprint density at radius 2 is 0.527 bits per heavy atom. The number of pyridine rings is 2. The summed E-state index contributed by atoms with van der Waals surface area (Å²) in [5.74, 6) is -28.7. The van der Waals surface area contributed by atoms with Gasteiger partial charge in [-0.15, -0.1) is 0 Å². The van der Waals surface area contributed by atoms with E-state index in [2.05, 4.69) is 51.3 Å². The molecule has 402 valence electrons. The second kappa shape index (κ2) is 24.3.